The van der Waals surface area contributed by atoms with E-state index in [1.165, 1.54) is 0 Å². The number of nitrogens with zero attached hydrogens (tertiary/aromatic N) is 1. The van der Waals surface area contributed by atoms with Gasteiger partial charge >= 0.3 is 5.97 Å². The maximum absolute atomic E-state index is 10.7. The minimum absolute atomic E-state index is 0.0142. The molecule has 3 N–H and O–H groups in total. The summed E-state index contributed by atoms with van der Waals surface area (Å²) in [4.78, 5) is 22.8. The molecule has 0 saturated carbocycles. The summed E-state index contributed by atoms with van der Waals surface area (Å²) in [5.41, 5.74) is 5.05. The second-order valence-corrected chi connectivity index (χ2v) is 3.92. The summed E-state index contributed by atoms with van der Waals surface area (Å²) in [5, 5.41) is 8.65. The summed E-state index contributed by atoms with van der Waals surface area (Å²) in [7, 11) is 0. The zero-order chi connectivity index (χ0) is 11.8. The van der Waals surface area contributed by atoms with Gasteiger partial charge in [0.2, 0.25) is 5.91 Å². The van der Waals surface area contributed by atoms with Gasteiger partial charge in [-0.3, -0.25) is 14.5 Å². The molecule has 0 aromatic rings. The van der Waals surface area contributed by atoms with Crippen LogP contribution in [-0.4, -0.2) is 41.5 Å². The van der Waals surface area contributed by atoms with Gasteiger partial charge in [-0.15, -0.1) is 0 Å². The zero-order valence-corrected chi connectivity index (χ0v) is 9.40. The van der Waals surface area contributed by atoms with Gasteiger partial charge in [0.05, 0.1) is 13.1 Å². The number of carbonyl (C=O) groups is 2. The van der Waals surface area contributed by atoms with Crippen LogP contribution in [0.2, 0.25) is 0 Å². The molecule has 0 bridgehead atoms. The molecule has 0 fully saturated rings. The van der Waals surface area contributed by atoms with E-state index in [1.807, 2.05) is 6.92 Å². The van der Waals surface area contributed by atoms with E-state index in [2.05, 4.69) is 6.92 Å². The second kappa shape index (κ2) is 7.23. The van der Waals surface area contributed by atoms with Gasteiger partial charge in [-0.25, -0.2) is 0 Å². The number of carboxylic acid groups (broad SMARTS) is 1. The molecule has 1 atom stereocenters. The van der Waals surface area contributed by atoms with Crippen molar-refractivity contribution in [2.45, 2.75) is 26.7 Å². The number of hydrogen-bond acceptors (Lipinski definition) is 3. The molecule has 5 nitrogen and oxygen atoms in total. The molecule has 0 aliphatic carbocycles. The van der Waals surface area contributed by atoms with E-state index in [9.17, 15) is 9.59 Å². The summed E-state index contributed by atoms with van der Waals surface area (Å²) in [6, 6.07) is 0. The first kappa shape index (κ1) is 13.9. The molecule has 0 aliphatic rings. The van der Waals surface area contributed by atoms with Crippen LogP contribution in [0.3, 0.4) is 0 Å². The molecule has 0 saturated heterocycles. The van der Waals surface area contributed by atoms with Crippen molar-refractivity contribution in [1.82, 2.24) is 4.90 Å². The average Bonchev–Trinajstić information content (AvgIpc) is 2.00. The number of carboxylic acids is 1. The minimum Gasteiger partial charge on any atom is -0.480 e. The second-order valence-electron chi connectivity index (χ2n) is 3.92. The molecule has 15 heavy (non-hydrogen) atoms. The molecular formula is C10H20N2O3. The van der Waals surface area contributed by atoms with Crippen LogP contribution in [0.4, 0.5) is 0 Å². The lowest BCUT2D eigenvalue weighted by atomic mass is 10.1. The van der Waals surface area contributed by atoms with Crippen LogP contribution < -0.4 is 5.73 Å². The van der Waals surface area contributed by atoms with Gasteiger partial charge in [0.15, 0.2) is 0 Å². The van der Waals surface area contributed by atoms with Crippen LogP contribution in [0, 0.1) is 5.92 Å². The van der Waals surface area contributed by atoms with Crippen molar-refractivity contribution in [2.24, 2.45) is 11.7 Å². The Balaban J connectivity index is 4.10. The highest BCUT2D eigenvalue weighted by Gasteiger charge is 2.14. The number of nitrogens with two attached hydrogens (primary N) is 1. The summed E-state index contributed by atoms with van der Waals surface area (Å²) < 4.78 is 0. The van der Waals surface area contributed by atoms with Gasteiger partial charge in [0, 0.05) is 6.54 Å². The van der Waals surface area contributed by atoms with E-state index in [-0.39, 0.29) is 13.1 Å². The van der Waals surface area contributed by atoms with Crippen LogP contribution in [0.15, 0.2) is 0 Å². The highest BCUT2D eigenvalue weighted by Crippen LogP contribution is 2.07. The van der Waals surface area contributed by atoms with Gasteiger partial charge in [-0.1, -0.05) is 20.3 Å². The monoisotopic (exact) mass is 216 g/mol. The first-order valence-electron chi connectivity index (χ1n) is 5.18. The molecule has 1 amide bonds. The Hall–Kier alpha value is -1.10. The van der Waals surface area contributed by atoms with Crippen LogP contribution >= 0.6 is 0 Å². The van der Waals surface area contributed by atoms with Gasteiger partial charge in [0.25, 0.3) is 0 Å². The van der Waals surface area contributed by atoms with Crippen molar-refractivity contribution in [3.05, 3.63) is 0 Å². The number of carbonyl (C=O) groups excluding carboxylic acids is 1. The minimum atomic E-state index is -0.931. The molecule has 88 valence electrons. The Kier molecular flexibility index (Phi) is 6.70. The third-order valence-electron chi connectivity index (χ3n) is 2.09. The first-order valence-corrected chi connectivity index (χ1v) is 5.18. The fourth-order valence-electron chi connectivity index (χ4n) is 1.62. The van der Waals surface area contributed by atoms with Crippen molar-refractivity contribution in [3.63, 3.8) is 0 Å². The molecule has 0 rings (SSSR count). The smallest absolute Gasteiger partial charge is 0.317 e. The number of primary amides is 1. The van der Waals surface area contributed by atoms with Gasteiger partial charge in [-0.2, -0.15) is 0 Å². The molecule has 0 aromatic heterocycles. The fraction of sp³-hybridized carbons (Fsp3) is 0.800. The maximum atomic E-state index is 10.7. The molecule has 0 aromatic carbocycles. The molecular weight excluding hydrogens is 196 g/mol. The van der Waals surface area contributed by atoms with Crippen LogP contribution in [0.1, 0.15) is 26.7 Å². The first-order chi connectivity index (χ1) is 6.95. The van der Waals surface area contributed by atoms with Crippen LogP contribution in [0.25, 0.3) is 0 Å². The maximum Gasteiger partial charge on any atom is 0.317 e. The normalized spacial score (nSPS) is 12.7. The van der Waals surface area contributed by atoms with Crippen molar-refractivity contribution in [1.29, 1.82) is 0 Å². The summed E-state index contributed by atoms with van der Waals surface area (Å²) in [6.45, 7) is 4.60. The zero-order valence-electron chi connectivity index (χ0n) is 9.40. The highest BCUT2D eigenvalue weighted by molar-refractivity contribution is 5.77. The van der Waals surface area contributed by atoms with E-state index in [1.54, 1.807) is 4.90 Å². The Morgan fingerprint density at radius 2 is 2.00 bits per heavy atom. The van der Waals surface area contributed by atoms with Crippen LogP contribution in [0.5, 0.6) is 0 Å². The predicted octanol–water partition coefficient (Wildman–Crippen LogP) is 0.295. The molecule has 0 heterocycles. The highest BCUT2D eigenvalue weighted by atomic mass is 16.4. The third kappa shape index (κ3) is 7.93. The van der Waals surface area contributed by atoms with E-state index >= 15 is 0 Å². The summed E-state index contributed by atoms with van der Waals surface area (Å²) in [6.07, 6.45) is 2.08. The Labute approximate surface area is 90.2 Å². The number of hydrogen-bond donors (Lipinski definition) is 2. The summed E-state index contributed by atoms with van der Waals surface area (Å²) in [5.74, 6) is -1.03. The lowest BCUT2D eigenvalue weighted by Crippen LogP contribution is -2.39. The number of rotatable bonds is 8. The van der Waals surface area contributed by atoms with Crippen LogP contribution in [-0.2, 0) is 9.59 Å². The summed E-state index contributed by atoms with van der Waals surface area (Å²) >= 11 is 0. The fourth-order valence-corrected chi connectivity index (χ4v) is 1.62. The lowest BCUT2D eigenvalue weighted by molar-refractivity contribution is -0.138. The van der Waals surface area contributed by atoms with Crippen molar-refractivity contribution in [3.8, 4) is 0 Å². The molecule has 0 spiro atoms. The standard InChI is InChI=1S/C10H20N2O3/c1-3-4-8(2)5-12(6-9(11)13)7-10(14)15/h8H,3-7H2,1-2H3,(H2,11,13)(H,14,15). The van der Waals surface area contributed by atoms with Gasteiger partial charge in [0.1, 0.15) is 0 Å². The lowest BCUT2D eigenvalue weighted by Gasteiger charge is -2.22. The molecule has 5 heteroatoms. The number of amides is 1. The van der Waals surface area contributed by atoms with Crippen molar-refractivity contribution in [2.75, 3.05) is 19.6 Å². The molecule has 1 unspecified atom stereocenters. The van der Waals surface area contributed by atoms with Crippen molar-refractivity contribution < 1.29 is 14.7 Å². The average molecular weight is 216 g/mol. The van der Waals surface area contributed by atoms with Gasteiger partial charge in [-0.05, 0) is 12.3 Å². The quantitative estimate of drug-likeness (QED) is 0.611. The Morgan fingerprint density at radius 3 is 2.40 bits per heavy atom. The Bertz CT molecular complexity index is 203. The molecule has 0 radical (unpaired) electrons. The molecule has 0 aliphatic heterocycles. The van der Waals surface area contributed by atoms with E-state index in [0.717, 1.165) is 12.8 Å². The number of aliphatic carboxylic acids is 1. The topological polar surface area (TPSA) is 83.6 Å². The van der Waals surface area contributed by atoms with E-state index in [0.29, 0.717) is 12.5 Å². The van der Waals surface area contributed by atoms with E-state index in [4.69, 9.17) is 10.8 Å². The Morgan fingerprint density at radius 1 is 1.40 bits per heavy atom. The third-order valence-corrected chi connectivity index (χ3v) is 2.09. The predicted molar refractivity (Wildman–Crippen MR) is 57.3 cm³/mol. The van der Waals surface area contributed by atoms with Crippen molar-refractivity contribution >= 4 is 11.9 Å². The van der Waals surface area contributed by atoms with E-state index < -0.39 is 11.9 Å². The SMILES string of the molecule is CCCC(C)CN(CC(N)=O)CC(=O)O. The van der Waals surface area contributed by atoms with Gasteiger partial charge < -0.3 is 10.8 Å². The largest absolute Gasteiger partial charge is 0.480 e.